The number of amides is 1. The summed E-state index contributed by atoms with van der Waals surface area (Å²) in [4.78, 5) is 18.0. The van der Waals surface area contributed by atoms with Crippen molar-refractivity contribution in [1.82, 2.24) is 9.88 Å². The number of carbonyl (C=O) groups excluding carboxylic acids is 1. The number of benzene rings is 1. The van der Waals surface area contributed by atoms with Crippen molar-refractivity contribution in [2.24, 2.45) is 0 Å². The maximum Gasteiger partial charge on any atom is 0.254 e. The van der Waals surface area contributed by atoms with Crippen molar-refractivity contribution in [3.63, 3.8) is 0 Å². The van der Waals surface area contributed by atoms with Crippen LogP contribution < -0.4 is 0 Å². The molecule has 0 radical (unpaired) electrons. The summed E-state index contributed by atoms with van der Waals surface area (Å²) < 4.78 is 0. The van der Waals surface area contributed by atoms with Crippen molar-refractivity contribution < 1.29 is 9.90 Å². The Hall–Kier alpha value is -2.20. The molecule has 0 saturated carbocycles. The zero-order valence-electron chi connectivity index (χ0n) is 12.0. The van der Waals surface area contributed by atoms with Crippen LogP contribution in [0.4, 0.5) is 0 Å². The number of nitrogens with zero attached hydrogens (tertiary/aromatic N) is 2. The van der Waals surface area contributed by atoms with Crippen LogP contribution in [0.25, 0.3) is 0 Å². The molecule has 1 unspecified atom stereocenters. The molecular weight excluding hydrogens is 264 g/mol. The van der Waals surface area contributed by atoms with Crippen LogP contribution in [0.1, 0.15) is 27.9 Å². The van der Waals surface area contributed by atoms with E-state index >= 15 is 0 Å². The van der Waals surface area contributed by atoms with Gasteiger partial charge in [-0.2, -0.15) is 0 Å². The van der Waals surface area contributed by atoms with Crippen molar-refractivity contribution in [3.8, 4) is 0 Å². The molecule has 21 heavy (non-hydrogen) atoms. The van der Waals surface area contributed by atoms with Crippen LogP contribution in [0.3, 0.4) is 0 Å². The van der Waals surface area contributed by atoms with Gasteiger partial charge in [0.15, 0.2) is 0 Å². The molecule has 1 saturated heterocycles. The van der Waals surface area contributed by atoms with Gasteiger partial charge in [-0.25, -0.2) is 0 Å². The summed E-state index contributed by atoms with van der Waals surface area (Å²) in [5, 5.41) is 10.8. The van der Waals surface area contributed by atoms with Gasteiger partial charge in [0, 0.05) is 24.5 Å². The quantitative estimate of drug-likeness (QED) is 0.918. The van der Waals surface area contributed by atoms with Gasteiger partial charge >= 0.3 is 0 Å². The molecule has 1 fully saturated rings. The smallest absolute Gasteiger partial charge is 0.254 e. The highest BCUT2D eigenvalue weighted by atomic mass is 16.3. The molecule has 4 heteroatoms. The fourth-order valence-electron chi connectivity index (χ4n) is 2.74. The first kappa shape index (κ1) is 13.8. The van der Waals surface area contributed by atoms with Crippen molar-refractivity contribution in [2.75, 3.05) is 13.1 Å². The van der Waals surface area contributed by atoms with E-state index in [9.17, 15) is 9.90 Å². The zero-order chi connectivity index (χ0) is 14.9. The second-order valence-corrected chi connectivity index (χ2v) is 5.61. The lowest BCUT2D eigenvalue weighted by molar-refractivity contribution is 0.0417. The van der Waals surface area contributed by atoms with Crippen LogP contribution in [0.2, 0.25) is 0 Å². The van der Waals surface area contributed by atoms with Gasteiger partial charge in [0.1, 0.15) is 5.60 Å². The minimum absolute atomic E-state index is 0.0552. The van der Waals surface area contributed by atoms with Crippen molar-refractivity contribution in [1.29, 1.82) is 0 Å². The van der Waals surface area contributed by atoms with Crippen LogP contribution in [-0.4, -0.2) is 34.0 Å². The van der Waals surface area contributed by atoms with E-state index in [4.69, 9.17) is 0 Å². The van der Waals surface area contributed by atoms with Crippen LogP contribution in [-0.2, 0) is 5.60 Å². The van der Waals surface area contributed by atoms with E-state index in [2.05, 4.69) is 4.98 Å². The van der Waals surface area contributed by atoms with Crippen molar-refractivity contribution >= 4 is 5.91 Å². The molecule has 1 aromatic heterocycles. The molecule has 1 amide bonds. The molecule has 1 N–H and O–H groups in total. The summed E-state index contributed by atoms with van der Waals surface area (Å²) in [6, 6.07) is 11.3. The molecule has 0 spiro atoms. The SMILES string of the molecule is Cc1ccc(C2(O)CCN(C(=O)c3ccncc3)C2)cc1. The topological polar surface area (TPSA) is 53.4 Å². The molecule has 3 rings (SSSR count). The number of pyridine rings is 1. The van der Waals surface area contributed by atoms with Crippen LogP contribution in [0.15, 0.2) is 48.8 Å². The number of rotatable bonds is 2. The highest BCUT2D eigenvalue weighted by Gasteiger charge is 2.39. The Kier molecular flexibility index (Phi) is 3.47. The minimum atomic E-state index is -0.948. The maximum atomic E-state index is 12.4. The van der Waals surface area contributed by atoms with Crippen LogP contribution >= 0.6 is 0 Å². The van der Waals surface area contributed by atoms with E-state index in [0.717, 1.165) is 11.1 Å². The summed E-state index contributed by atoms with van der Waals surface area (Å²) in [6.45, 7) is 2.91. The predicted octanol–water partition coefficient (Wildman–Crippen LogP) is 2.12. The number of likely N-dealkylation sites (tertiary alicyclic amines) is 1. The fraction of sp³-hybridized carbons (Fsp3) is 0.294. The van der Waals surface area contributed by atoms with E-state index in [-0.39, 0.29) is 5.91 Å². The van der Waals surface area contributed by atoms with Crippen molar-refractivity contribution in [3.05, 3.63) is 65.5 Å². The normalized spacial score (nSPS) is 21.5. The van der Waals surface area contributed by atoms with Crippen LogP contribution in [0.5, 0.6) is 0 Å². The van der Waals surface area contributed by atoms with Gasteiger partial charge in [-0.3, -0.25) is 9.78 Å². The third-order valence-corrected chi connectivity index (χ3v) is 4.05. The lowest BCUT2D eigenvalue weighted by Crippen LogP contribution is -2.34. The number of β-amino-alcohol motifs (C(OH)–C–C–N with tert-alkyl or cyclic N) is 1. The lowest BCUT2D eigenvalue weighted by atomic mass is 9.92. The van der Waals surface area contributed by atoms with Gasteiger partial charge in [-0.15, -0.1) is 0 Å². The summed E-state index contributed by atoms with van der Waals surface area (Å²) in [7, 11) is 0. The maximum absolute atomic E-state index is 12.4. The fourth-order valence-corrected chi connectivity index (χ4v) is 2.74. The molecule has 4 nitrogen and oxygen atoms in total. The Balaban J connectivity index is 1.78. The molecule has 1 aliphatic rings. The monoisotopic (exact) mass is 282 g/mol. The number of hydrogen-bond donors (Lipinski definition) is 1. The average Bonchev–Trinajstić information content (AvgIpc) is 2.92. The largest absolute Gasteiger partial charge is 0.383 e. The van der Waals surface area contributed by atoms with Gasteiger partial charge in [-0.1, -0.05) is 29.8 Å². The van der Waals surface area contributed by atoms with E-state index in [1.54, 1.807) is 29.4 Å². The molecule has 0 aliphatic carbocycles. The molecule has 0 bridgehead atoms. The van der Waals surface area contributed by atoms with Gasteiger partial charge in [0.05, 0.1) is 6.54 Å². The standard InChI is InChI=1S/C17H18N2O2/c1-13-2-4-15(5-3-13)17(21)8-11-19(12-17)16(20)14-6-9-18-10-7-14/h2-7,9-10,21H,8,11-12H2,1H3. The van der Waals surface area contributed by atoms with Gasteiger partial charge in [0.25, 0.3) is 5.91 Å². The summed E-state index contributed by atoms with van der Waals surface area (Å²) >= 11 is 0. The van der Waals surface area contributed by atoms with E-state index < -0.39 is 5.60 Å². The first-order chi connectivity index (χ1) is 10.1. The summed E-state index contributed by atoms with van der Waals surface area (Å²) in [5.74, 6) is -0.0552. The minimum Gasteiger partial charge on any atom is -0.383 e. The lowest BCUT2D eigenvalue weighted by Gasteiger charge is -2.24. The predicted molar refractivity (Wildman–Crippen MR) is 79.8 cm³/mol. The Morgan fingerprint density at radius 2 is 1.86 bits per heavy atom. The second kappa shape index (κ2) is 5.30. The highest BCUT2D eigenvalue weighted by Crippen LogP contribution is 2.32. The van der Waals surface area contributed by atoms with Gasteiger partial charge < -0.3 is 10.0 Å². The molecule has 1 atom stereocenters. The molecule has 1 aliphatic heterocycles. The first-order valence-corrected chi connectivity index (χ1v) is 7.07. The molecular formula is C17H18N2O2. The molecule has 1 aromatic carbocycles. The molecule has 108 valence electrons. The Morgan fingerprint density at radius 3 is 2.52 bits per heavy atom. The molecule has 2 aromatic rings. The molecule has 2 heterocycles. The number of aryl methyl sites for hydroxylation is 1. The third-order valence-electron chi connectivity index (χ3n) is 4.05. The summed E-state index contributed by atoms with van der Waals surface area (Å²) in [5.41, 5.74) is 1.69. The zero-order valence-corrected chi connectivity index (χ0v) is 12.0. The first-order valence-electron chi connectivity index (χ1n) is 7.07. The number of aromatic nitrogens is 1. The Morgan fingerprint density at radius 1 is 1.19 bits per heavy atom. The van der Waals surface area contributed by atoms with E-state index in [1.807, 2.05) is 31.2 Å². The van der Waals surface area contributed by atoms with Crippen molar-refractivity contribution in [2.45, 2.75) is 18.9 Å². The second-order valence-electron chi connectivity index (χ2n) is 5.61. The van der Waals surface area contributed by atoms with E-state index in [0.29, 0.717) is 25.1 Å². The Bertz CT molecular complexity index is 640. The summed E-state index contributed by atoms with van der Waals surface area (Å²) in [6.07, 6.45) is 3.78. The third kappa shape index (κ3) is 2.67. The van der Waals surface area contributed by atoms with Crippen LogP contribution in [0, 0.1) is 6.92 Å². The average molecular weight is 282 g/mol. The highest BCUT2D eigenvalue weighted by molar-refractivity contribution is 5.94. The van der Waals surface area contributed by atoms with Gasteiger partial charge in [0.2, 0.25) is 0 Å². The number of hydrogen-bond acceptors (Lipinski definition) is 3. The Labute approximate surface area is 124 Å². The number of aliphatic hydroxyl groups is 1. The number of carbonyl (C=O) groups is 1. The van der Waals surface area contributed by atoms with Gasteiger partial charge in [-0.05, 0) is 31.0 Å². The van der Waals surface area contributed by atoms with E-state index in [1.165, 1.54) is 0 Å².